The van der Waals surface area contributed by atoms with Gasteiger partial charge in [-0.25, -0.2) is 0 Å². The number of nitrogens with one attached hydrogen (secondary N) is 2. The Morgan fingerprint density at radius 2 is 2.00 bits per heavy atom. The number of hydrogen-bond acceptors (Lipinski definition) is 5. The maximum Gasteiger partial charge on any atom is 0.257 e. The second kappa shape index (κ2) is 8.35. The Balaban J connectivity index is 0.00000300. The van der Waals surface area contributed by atoms with Crippen molar-refractivity contribution in [3.05, 3.63) is 84.0 Å². The highest BCUT2D eigenvalue weighted by Gasteiger charge is 2.12. The molecule has 148 valence electrons. The summed E-state index contributed by atoms with van der Waals surface area (Å²) in [6.07, 6.45) is 8.30. The summed E-state index contributed by atoms with van der Waals surface area (Å²) in [5, 5.41) is 6.32. The van der Waals surface area contributed by atoms with Crippen LogP contribution in [-0.2, 0) is 0 Å². The number of aromatic nitrogens is 2. The zero-order valence-electron chi connectivity index (χ0n) is 15.9. The summed E-state index contributed by atoms with van der Waals surface area (Å²) in [5.41, 5.74) is 11.4. The third kappa shape index (κ3) is 4.35. The van der Waals surface area contributed by atoms with E-state index in [4.69, 9.17) is 5.73 Å². The summed E-state index contributed by atoms with van der Waals surface area (Å²) in [5.74, 6) is -0.192. The van der Waals surface area contributed by atoms with Crippen LogP contribution in [0.15, 0.2) is 61.7 Å². The summed E-state index contributed by atoms with van der Waals surface area (Å²) in [4.78, 5) is 20.7. The molecule has 1 aromatic carbocycles. The number of amides is 1. The van der Waals surface area contributed by atoms with E-state index in [9.17, 15) is 4.79 Å². The number of nitrogens with two attached hydrogens (primary N) is 1. The van der Waals surface area contributed by atoms with Gasteiger partial charge in [-0.1, -0.05) is 24.8 Å². The van der Waals surface area contributed by atoms with Gasteiger partial charge in [0.05, 0.1) is 29.3 Å². The number of aryl methyl sites for hydroxylation is 1. The molecular formula is C22H29N5O. The SMILES string of the molecule is C=Cc1c(N)cncc1N[C@@H](C)c1cccc(NC(=O)c2cncc(C)c2)c1.[HH].[HH].[HH]. The van der Waals surface area contributed by atoms with E-state index < -0.39 is 0 Å². The average Bonchev–Trinajstić information content (AvgIpc) is 2.68. The summed E-state index contributed by atoms with van der Waals surface area (Å²) < 4.78 is 0. The molecule has 0 bridgehead atoms. The summed E-state index contributed by atoms with van der Waals surface area (Å²) in [6, 6.07) is 9.47. The van der Waals surface area contributed by atoms with Crippen molar-refractivity contribution in [1.82, 2.24) is 9.97 Å². The topological polar surface area (TPSA) is 92.9 Å². The van der Waals surface area contributed by atoms with E-state index >= 15 is 0 Å². The second-order valence-electron chi connectivity index (χ2n) is 6.59. The fourth-order valence-corrected chi connectivity index (χ4v) is 2.91. The Bertz CT molecular complexity index is 1030. The number of hydrogen-bond donors (Lipinski definition) is 3. The van der Waals surface area contributed by atoms with Gasteiger partial charge < -0.3 is 16.4 Å². The van der Waals surface area contributed by atoms with Crippen molar-refractivity contribution < 1.29 is 9.07 Å². The Hall–Kier alpha value is -3.67. The van der Waals surface area contributed by atoms with Crippen LogP contribution in [0.3, 0.4) is 0 Å². The predicted octanol–water partition coefficient (Wildman–Crippen LogP) is 5.17. The maximum atomic E-state index is 12.5. The molecule has 0 aliphatic heterocycles. The van der Waals surface area contributed by atoms with E-state index in [0.717, 1.165) is 22.4 Å². The van der Waals surface area contributed by atoms with Crippen molar-refractivity contribution in [2.45, 2.75) is 19.9 Å². The minimum Gasteiger partial charge on any atom is -0.397 e. The molecule has 3 rings (SSSR count). The van der Waals surface area contributed by atoms with Crippen molar-refractivity contribution in [2.75, 3.05) is 16.4 Å². The van der Waals surface area contributed by atoms with Crippen LogP contribution in [0.1, 0.15) is 44.3 Å². The van der Waals surface area contributed by atoms with Crippen molar-refractivity contribution in [1.29, 1.82) is 0 Å². The number of carbonyl (C=O) groups excluding carboxylic acids is 1. The standard InChI is InChI=1S/C22H23N5O.3H2/c1-4-19-20(23)12-25-13-21(19)26-15(3)16-6-5-7-18(9-16)27-22(28)17-8-14(2)10-24-11-17;;;/h4-13,15,26H,1,23H2,2-3H3,(H,27,28);3*1H/t15-;;;/m0.../s1. The predicted molar refractivity (Wildman–Crippen MR) is 120 cm³/mol. The second-order valence-corrected chi connectivity index (χ2v) is 6.59. The molecule has 0 unspecified atom stereocenters. The highest BCUT2D eigenvalue weighted by molar-refractivity contribution is 6.04. The number of anilines is 3. The molecular weight excluding hydrogens is 350 g/mol. The minimum absolute atomic E-state index is 0. The number of pyridine rings is 2. The third-order valence-corrected chi connectivity index (χ3v) is 4.38. The number of nitrogen functional groups attached to an aromatic ring is 1. The molecule has 4 N–H and O–H groups in total. The smallest absolute Gasteiger partial charge is 0.257 e. The molecule has 0 aliphatic carbocycles. The highest BCUT2D eigenvalue weighted by atomic mass is 16.1. The van der Waals surface area contributed by atoms with E-state index in [-0.39, 0.29) is 16.2 Å². The average molecular weight is 380 g/mol. The highest BCUT2D eigenvalue weighted by Crippen LogP contribution is 2.27. The van der Waals surface area contributed by atoms with E-state index in [2.05, 4.69) is 27.2 Å². The van der Waals surface area contributed by atoms with Gasteiger partial charge in [-0.2, -0.15) is 0 Å². The molecule has 0 aliphatic rings. The maximum absolute atomic E-state index is 12.5. The molecule has 2 heterocycles. The number of rotatable bonds is 6. The Morgan fingerprint density at radius 3 is 2.75 bits per heavy atom. The lowest BCUT2D eigenvalue weighted by Gasteiger charge is -2.19. The molecule has 1 amide bonds. The molecule has 2 aromatic heterocycles. The quantitative estimate of drug-likeness (QED) is 0.549. The Morgan fingerprint density at radius 1 is 1.21 bits per heavy atom. The summed E-state index contributed by atoms with van der Waals surface area (Å²) in [7, 11) is 0. The van der Waals surface area contributed by atoms with Crippen molar-refractivity contribution in [3.63, 3.8) is 0 Å². The normalized spacial score (nSPS) is 11.5. The van der Waals surface area contributed by atoms with Crippen LogP contribution in [0.2, 0.25) is 0 Å². The van der Waals surface area contributed by atoms with Gasteiger partial charge >= 0.3 is 0 Å². The minimum atomic E-state index is -0.192. The van der Waals surface area contributed by atoms with Crippen LogP contribution >= 0.6 is 0 Å². The molecule has 0 spiro atoms. The van der Waals surface area contributed by atoms with E-state index in [1.165, 1.54) is 0 Å². The summed E-state index contributed by atoms with van der Waals surface area (Å²) in [6.45, 7) is 7.75. The van der Waals surface area contributed by atoms with Gasteiger partial charge in [0.1, 0.15) is 0 Å². The molecule has 3 aromatic rings. The van der Waals surface area contributed by atoms with E-state index in [1.54, 1.807) is 36.9 Å². The zero-order chi connectivity index (χ0) is 20.1. The van der Waals surface area contributed by atoms with Crippen LogP contribution in [0.5, 0.6) is 0 Å². The van der Waals surface area contributed by atoms with Gasteiger partial charge in [0, 0.05) is 34.0 Å². The van der Waals surface area contributed by atoms with Crippen LogP contribution in [0, 0.1) is 6.92 Å². The Kier molecular flexibility index (Phi) is 5.69. The first-order valence-electron chi connectivity index (χ1n) is 8.93. The lowest BCUT2D eigenvalue weighted by Crippen LogP contribution is -2.13. The van der Waals surface area contributed by atoms with Crippen LogP contribution in [0.25, 0.3) is 6.08 Å². The first-order chi connectivity index (χ1) is 13.5. The summed E-state index contributed by atoms with van der Waals surface area (Å²) >= 11 is 0. The molecule has 0 radical (unpaired) electrons. The number of carbonyl (C=O) groups is 1. The van der Waals surface area contributed by atoms with Crippen molar-refractivity contribution in [3.8, 4) is 0 Å². The number of benzene rings is 1. The fourth-order valence-electron chi connectivity index (χ4n) is 2.91. The van der Waals surface area contributed by atoms with Crippen LogP contribution in [0.4, 0.5) is 17.1 Å². The lowest BCUT2D eigenvalue weighted by molar-refractivity contribution is 0.102. The van der Waals surface area contributed by atoms with Crippen LogP contribution in [-0.4, -0.2) is 15.9 Å². The van der Waals surface area contributed by atoms with E-state index in [1.807, 2.05) is 38.1 Å². The van der Waals surface area contributed by atoms with Gasteiger partial charge in [-0.3, -0.25) is 14.8 Å². The molecule has 0 saturated carbocycles. The molecule has 6 heteroatoms. The third-order valence-electron chi connectivity index (χ3n) is 4.38. The van der Waals surface area contributed by atoms with Gasteiger partial charge in [-0.05, 0) is 43.2 Å². The van der Waals surface area contributed by atoms with Crippen molar-refractivity contribution >= 4 is 29.0 Å². The molecule has 28 heavy (non-hydrogen) atoms. The molecule has 0 fully saturated rings. The molecule has 0 saturated heterocycles. The number of nitrogens with zero attached hydrogens (tertiary/aromatic N) is 2. The largest absolute Gasteiger partial charge is 0.397 e. The monoisotopic (exact) mass is 379 g/mol. The van der Waals surface area contributed by atoms with Gasteiger partial charge in [0.25, 0.3) is 5.91 Å². The van der Waals surface area contributed by atoms with Crippen LogP contribution < -0.4 is 16.4 Å². The van der Waals surface area contributed by atoms with Gasteiger partial charge in [0.2, 0.25) is 0 Å². The fraction of sp³-hybridized carbons (Fsp3) is 0.136. The van der Waals surface area contributed by atoms with Gasteiger partial charge in [0.15, 0.2) is 0 Å². The Labute approximate surface area is 169 Å². The first-order valence-corrected chi connectivity index (χ1v) is 8.93. The first kappa shape index (κ1) is 19.1. The zero-order valence-corrected chi connectivity index (χ0v) is 15.9. The van der Waals surface area contributed by atoms with Gasteiger partial charge in [-0.15, -0.1) is 0 Å². The molecule has 6 nitrogen and oxygen atoms in total. The molecule has 1 atom stereocenters. The van der Waals surface area contributed by atoms with Crippen molar-refractivity contribution in [2.24, 2.45) is 0 Å². The van der Waals surface area contributed by atoms with E-state index in [0.29, 0.717) is 16.9 Å². The lowest BCUT2D eigenvalue weighted by atomic mass is 10.1.